The van der Waals surface area contributed by atoms with E-state index in [4.69, 9.17) is 4.74 Å². The Balaban J connectivity index is 1.87. The Morgan fingerprint density at radius 2 is 1.96 bits per heavy atom. The van der Waals surface area contributed by atoms with Gasteiger partial charge in [-0.3, -0.25) is 4.79 Å². The predicted molar refractivity (Wildman–Crippen MR) is 101 cm³/mol. The van der Waals surface area contributed by atoms with Crippen molar-refractivity contribution in [3.63, 3.8) is 0 Å². The van der Waals surface area contributed by atoms with E-state index in [2.05, 4.69) is 38.2 Å². The fourth-order valence-corrected chi connectivity index (χ4v) is 3.39. The fourth-order valence-electron chi connectivity index (χ4n) is 2.38. The Hall–Kier alpha value is -1.85. The second-order valence-corrected chi connectivity index (χ2v) is 7.29. The van der Waals surface area contributed by atoms with Gasteiger partial charge in [0.25, 0.3) is 5.91 Å². The van der Waals surface area contributed by atoms with Crippen LogP contribution in [0.2, 0.25) is 0 Å². The molecule has 0 bridgehead atoms. The molecular weight excluding hydrogens is 320 g/mol. The number of nitrogens with one attached hydrogen (secondary N) is 1. The highest BCUT2D eigenvalue weighted by molar-refractivity contribution is 7.14. The number of ether oxygens (including phenoxy) is 1. The molecule has 0 aliphatic carbocycles. The summed E-state index contributed by atoms with van der Waals surface area (Å²) in [4.78, 5) is 16.4. The van der Waals surface area contributed by atoms with Gasteiger partial charge in [-0.15, -0.1) is 11.3 Å². The quantitative estimate of drug-likeness (QED) is 0.728. The van der Waals surface area contributed by atoms with Crippen molar-refractivity contribution in [1.29, 1.82) is 0 Å². The minimum atomic E-state index is -0.0533. The zero-order valence-electron chi connectivity index (χ0n) is 14.9. The van der Waals surface area contributed by atoms with Gasteiger partial charge < -0.3 is 15.0 Å². The first-order valence-corrected chi connectivity index (χ1v) is 9.09. The summed E-state index contributed by atoms with van der Waals surface area (Å²) >= 11 is 1.54. The summed E-state index contributed by atoms with van der Waals surface area (Å²) in [7, 11) is 4.10. The Bertz CT molecular complexity index is 663. The maximum absolute atomic E-state index is 12.3. The van der Waals surface area contributed by atoms with Crippen LogP contribution >= 0.6 is 11.3 Å². The highest BCUT2D eigenvalue weighted by atomic mass is 32.1. The number of hydrogen-bond donors (Lipinski definition) is 1. The second kappa shape index (κ2) is 8.85. The molecular formula is C19H26N2O2S. The van der Waals surface area contributed by atoms with Crippen LogP contribution in [0.4, 0.5) is 5.69 Å². The lowest BCUT2D eigenvalue weighted by atomic mass is 10.2. The molecule has 4 nitrogen and oxygen atoms in total. The molecule has 0 atom stereocenters. The van der Waals surface area contributed by atoms with Gasteiger partial charge in [0.05, 0.1) is 11.5 Å². The molecule has 2 aromatic rings. The molecule has 0 saturated heterocycles. The van der Waals surface area contributed by atoms with Crippen molar-refractivity contribution in [2.45, 2.75) is 26.7 Å². The van der Waals surface area contributed by atoms with Gasteiger partial charge in [0.1, 0.15) is 5.75 Å². The molecule has 0 fully saturated rings. The molecule has 130 valence electrons. The van der Waals surface area contributed by atoms with E-state index in [1.54, 1.807) is 11.3 Å². The van der Waals surface area contributed by atoms with Crippen LogP contribution in [0, 0.1) is 6.92 Å². The standard InChI is InChI=1S/C19H26N2O2S/c1-5-15-13-18(24-14(15)2)19(22)20-16-7-9-17(10-8-16)23-12-6-11-21(3)4/h7-10,13H,5-6,11-12H2,1-4H3,(H,20,22). The van der Waals surface area contributed by atoms with E-state index in [0.29, 0.717) is 6.61 Å². The van der Waals surface area contributed by atoms with Crippen molar-refractivity contribution in [2.24, 2.45) is 0 Å². The number of thiophene rings is 1. The number of nitrogens with zero attached hydrogens (tertiary/aromatic N) is 1. The third-order valence-electron chi connectivity index (χ3n) is 3.76. The highest BCUT2D eigenvalue weighted by Gasteiger charge is 2.11. The minimum Gasteiger partial charge on any atom is -0.494 e. The van der Waals surface area contributed by atoms with Crippen LogP contribution in [-0.2, 0) is 6.42 Å². The van der Waals surface area contributed by atoms with Gasteiger partial charge in [-0.1, -0.05) is 6.92 Å². The van der Waals surface area contributed by atoms with Crippen LogP contribution in [-0.4, -0.2) is 38.1 Å². The molecule has 5 heteroatoms. The number of hydrogen-bond acceptors (Lipinski definition) is 4. The van der Waals surface area contributed by atoms with Gasteiger partial charge in [-0.05, 0) is 69.8 Å². The molecule has 0 aliphatic rings. The summed E-state index contributed by atoms with van der Waals surface area (Å²) in [6, 6.07) is 9.52. The van der Waals surface area contributed by atoms with Gasteiger partial charge in [-0.2, -0.15) is 0 Å². The van der Waals surface area contributed by atoms with E-state index in [9.17, 15) is 4.79 Å². The Labute approximate surface area is 148 Å². The summed E-state index contributed by atoms with van der Waals surface area (Å²) in [5.41, 5.74) is 2.02. The second-order valence-electron chi connectivity index (χ2n) is 6.03. The highest BCUT2D eigenvalue weighted by Crippen LogP contribution is 2.23. The zero-order valence-corrected chi connectivity index (χ0v) is 15.7. The molecule has 2 rings (SSSR count). The molecule has 0 aliphatic heterocycles. The monoisotopic (exact) mass is 346 g/mol. The SMILES string of the molecule is CCc1cc(C(=O)Nc2ccc(OCCCN(C)C)cc2)sc1C. The van der Waals surface area contributed by atoms with Gasteiger partial charge >= 0.3 is 0 Å². The first-order valence-electron chi connectivity index (χ1n) is 8.28. The number of carbonyl (C=O) groups excluding carboxylic acids is 1. The van der Waals surface area contributed by atoms with Crippen LogP contribution in [0.1, 0.15) is 33.5 Å². The van der Waals surface area contributed by atoms with E-state index in [-0.39, 0.29) is 5.91 Å². The van der Waals surface area contributed by atoms with Crippen LogP contribution in [0.5, 0.6) is 5.75 Å². The fraction of sp³-hybridized carbons (Fsp3) is 0.421. The van der Waals surface area contributed by atoms with Gasteiger partial charge in [0.2, 0.25) is 0 Å². The molecule has 0 saturated carbocycles. The van der Waals surface area contributed by atoms with Crippen molar-refractivity contribution in [2.75, 3.05) is 32.6 Å². The largest absolute Gasteiger partial charge is 0.494 e. The Morgan fingerprint density at radius 3 is 2.54 bits per heavy atom. The predicted octanol–water partition coefficient (Wildman–Crippen LogP) is 4.20. The van der Waals surface area contributed by atoms with E-state index >= 15 is 0 Å². The van der Waals surface area contributed by atoms with Crippen LogP contribution in [0.25, 0.3) is 0 Å². The number of benzene rings is 1. The van der Waals surface area contributed by atoms with Crippen molar-refractivity contribution >= 4 is 22.9 Å². The maximum Gasteiger partial charge on any atom is 0.265 e. The summed E-state index contributed by atoms with van der Waals surface area (Å²) in [6.45, 7) is 5.86. The van der Waals surface area contributed by atoms with Gasteiger partial charge in [-0.25, -0.2) is 0 Å². The lowest BCUT2D eigenvalue weighted by molar-refractivity contribution is 0.103. The molecule has 1 heterocycles. The normalized spacial score (nSPS) is 10.9. The molecule has 1 aromatic carbocycles. The van der Waals surface area contributed by atoms with Crippen LogP contribution < -0.4 is 10.1 Å². The molecule has 1 amide bonds. The first-order chi connectivity index (χ1) is 11.5. The number of rotatable bonds is 8. The van der Waals surface area contributed by atoms with Gasteiger partial charge in [0.15, 0.2) is 0 Å². The van der Waals surface area contributed by atoms with Crippen molar-refractivity contribution < 1.29 is 9.53 Å². The molecule has 24 heavy (non-hydrogen) atoms. The van der Waals surface area contributed by atoms with E-state index in [1.807, 2.05) is 30.3 Å². The summed E-state index contributed by atoms with van der Waals surface area (Å²) in [5.74, 6) is 0.773. The molecule has 0 spiro atoms. The first kappa shape index (κ1) is 18.5. The summed E-state index contributed by atoms with van der Waals surface area (Å²) in [5, 5.41) is 2.94. The third-order valence-corrected chi connectivity index (χ3v) is 4.85. The average Bonchev–Trinajstić information content (AvgIpc) is 2.94. The topological polar surface area (TPSA) is 41.6 Å². The van der Waals surface area contributed by atoms with E-state index in [0.717, 1.165) is 35.7 Å². The minimum absolute atomic E-state index is 0.0533. The van der Waals surface area contributed by atoms with E-state index < -0.39 is 0 Å². The number of anilines is 1. The van der Waals surface area contributed by atoms with Crippen molar-refractivity contribution in [3.8, 4) is 5.75 Å². The Kier molecular flexibility index (Phi) is 6.82. The summed E-state index contributed by atoms with van der Waals surface area (Å²) < 4.78 is 5.70. The smallest absolute Gasteiger partial charge is 0.265 e. The molecule has 0 radical (unpaired) electrons. The number of amides is 1. The zero-order chi connectivity index (χ0) is 17.5. The van der Waals surface area contributed by atoms with Crippen molar-refractivity contribution in [3.05, 3.63) is 45.6 Å². The maximum atomic E-state index is 12.3. The summed E-state index contributed by atoms with van der Waals surface area (Å²) in [6.07, 6.45) is 1.94. The van der Waals surface area contributed by atoms with Crippen LogP contribution in [0.3, 0.4) is 0 Å². The van der Waals surface area contributed by atoms with Crippen molar-refractivity contribution in [1.82, 2.24) is 4.90 Å². The average molecular weight is 346 g/mol. The number of carbonyl (C=O) groups is 1. The molecule has 1 N–H and O–H groups in total. The lowest BCUT2D eigenvalue weighted by Gasteiger charge is -2.11. The number of aryl methyl sites for hydroxylation is 2. The third kappa shape index (κ3) is 5.35. The molecule has 0 unspecified atom stereocenters. The molecule has 1 aromatic heterocycles. The van der Waals surface area contributed by atoms with E-state index in [1.165, 1.54) is 10.4 Å². The Morgan fingerprint density at radius 1 is 1.25 bits per heavy atom. The van der Waals surface area contributed by atoms with Crippen LogP contribution in [0.15, 0.2) is 30.3 Å². The lowest BCUT2D eigenvalue weighted by Crippen LogP contribution is -2.15. The van der Waals surface area contributed by atoms with Gasteiger partial charge in [0, 0.05) is 17.1 Å².